The van der Waals surface area contributed by atoms with Gasteiger partial charge >= 0.3 is 0 Å². The predicted octanol–water partition coefficient (Wildman–Crippen LogP) is 1.89. The van der Waals surface area contributed by atoms with Crippen molar-refractivity contribution in [1.29, 1.82) is 0 Å². The summed E-state index contributed by atoms with van der Waals surface area (Å²) in [5.74, 6) is 2.61. The summed E-state index contributed by atoms with van der Waals surface area (Å²) in [6.07, 6.45) is 1.48. The number of anilines is 1. The molecule has 0 unspecified atom stereocenters. The Morgan fingerprint density at radius 1 is 1.38 bits per heavy atom. The van der Waals surface area contributed by atoms with Crippen LogP contribution in [-0.2, 0) is 19.4 Å². The van der Waals surface area contributed by atoms with Crippen LogP contribution in [0.3, 0.4) is 0 Å². The number of fused-ring (bicyclic) bond motifs is 1. The molecule has 2 aromatic heterocycles. The molecule has 7 heteroatoms. The van der Waals surface area contributed by atoms with Crippen LogP contribution in [0.25, 0.3) is 0 Å². The molecule has 0 aliphatic carbocycles. The van der Waals surface area contributed by atoms with E-state index < -0.39 is 0 Å². The molecule has 0 bridgehead atoms. The van der Waals surface area contributed by atoms with Crippen molar-refractivity contribution in [3.63, 3.8) is 0 Å². The quantitative estimate of drug-likeness (QED) is 0.902. The number of hydrogen-bond donors (Lipinski definition) is 1. The Hall–Kier alpha value is -2.44. The number of carbonyl (C=O) groups excluding carboxylic acids is 1. The number of carbonyl (C=O) groups is 1. The smallest absolute Gasteiger partial charge is 0.270 e. The summed E-state index contributed by atoms with van der Waals surface area (Å²) in [5, 5.41) is 6.90. The molecule has 0 fully saturated rings. The van der Waals surface area contributed by atoms with Crippen LogP contribution in [0.1, 0.15) is 47.2 Å². The highest BCUT2D eigenvalue weighted by molar-refractivity contribution is 5.96. The lowest BCUT2D eigenvalue weighted by molar-refractivity contribution is 0.0940. The van der Waals surface area contributed by atoms with Crippen molar-refractivity contribution >= 4 is 11.7 Å². The Morgan fingerprint density at radius 3 is 2.83 bits per heavy atom. The first kappa shape index (κ1) is 16.4. The Kier molecular flexibility index (Phi) is 4.51. The highest BCUT2D eigenvalue weighted by Crippen LogP contribution is 2.25. The Morgan fingerprint density at radius 2 is 2.17 bits per heavy atom. The van der Waals surface area contributed by atoms with Gasteiger partial charge in [-0.25, -0.2) is 9.97 Å². The molecule has 1 aliphatic heterocycles. The Bertz CT molecular complexity index is 753. The number of amides is 1. The van der Waals surface area contributed by atoms with Crippen molar-refractivity contribution in [2.75, 3.05) is 18.5 Å². The van der Waals surface area contributed by atoms with Gasteiger partial charge in [-0.05, 0) is 19.3 Å². The maximum absolute atomic E-state index is 12.2. The molecule has 2 aromatic rings. The summed E-state index contributed by atoms with van der Waals surface area (Å²) >= 11 is 0. The van der Waals surface area contributed by atoms with Gasteiger partial charge in [-0.3, -0.25) is 4.79 Å². The lowest BCUT2D eigenvalue weighted by Crippen LogP contribution is -2.35. The van der Waals surface area contributed by atoms with E-state index in [1.54, 1.807) is 0 Å². The molecule has 0 saturated carbocycles. The van der Waals surface area contributed by atoms with Crippen LogP contribution in [0.15, 0.2) is 10.6 Å². The third-order valence-corrected chi connectivity index (χ3v) is 3.94. The number of hydrogen-bond acceptors (Lipinski definition) is 6. The van der Waals surface area contributed by atoms with E-state index in [0.29, 0.717) is 30.5 Å². The summed E-state index contributed by atoms with van der Waals surface area (Å²) in [6.45, 7) is 7.29. The van der Waals surface area contributed by atoms with Gasteiger partial charge in [0.1, 0.15) is 28.8 Å². The first-order valence-corrected chi connectivity index (χ1v) is 8.25. The first-order valence-electron chi connectivity index (χ1n) is 8.25. The highest BCUT2D eigenvalue weighted by Gasteiger charge is 2.25. The van der Waals surface area contributed by atoms with Crippen molar-refractivity contribution in [2.24, 2.45) is 5.92 Å². The maximum Gasteiger partial charge on any atom is 0.270 e. The lowest BCUT2D eigenvalue weighted by Gasteiger charge is -2.25. The molecule has 0 spiro atoms. The number of nitrogens with zero attached hydrogens (tertiary/aromatic N) is 4. The van der Waals surface area contributed by atoms with Gasteiger partial charge in [-0.1, -0.05) is 19.0 Å². The van der Waals surface area contributed by atoms with Gasteiger partial charge in [-0.15, -0.1) is 0 Å². The van der Waals surface area contributed by atoms with Crippen molar-refractivity contribution < 1.29 is 9.32 Å². The van der Waals surface area contributed by atoms with E-state index in [9.17, 15) is 4.79 Å². The second kappa shape index (κ2) is 6.59. The van der Waals surface area contributed by atoms with Gasteiger partial charge in [-0.2, -0.15) is 0 Å². The minimum absolute atomic E-state index is 0.115. The largest absolute Gasteiger partial charge is 0.361 e. The van der Waals surface area contributed by atoms with Crippen molar-refractivity contribution in [3.8, 4) is 0 Å². The molecule has 128 valence electrons. The zero-order valence-corrected chi connectivity index (χ0v) is 14.6. The summed E-state index contributed by atoms with van der Waals surface area (Å²) in [6, 6.07) is 1.91. The molecular weight excluding hydrogens is 306 g/mol. The summed E-state index contributed by atoms with van der Waals surface area (Å²) in [7, 11) is 1.96. The van der Waals surface area contributed by atoms with E-state index >= 15 is 0 Å². The number of aryl methyl sites for hydroxylation is 1. The Balaban J connectivity index is 1.97. The van der Waals surface area contributed by atoms with E-state index in [0.717, 1.165) is 35.7 Å². The summed E-state index contributed by atoms with van der Waals surface area (Å²) < 4.78 is 5.13. The van der Waals surface area contributed by atoms with Crippen molar-refractivity contribution in [2.45, 2.75) is 40.2 Å². The molecule has 7 nitrogen and oxygen atoms in total. The monoisotopic (exact) mass is 329 g/mol. The fraction of sp³-hybridized carbons (Fsp3) is 0.529. The SMILES string of the molecule is Cc1cc(CN(C)c2nc(CC(C)C)nc3c2CCNC3=O)no1. The van der Waals surface area contributed by atoms with Gasteiger partial charge in [0.15, 0.2) is 0 Å². The lowest BCUT2D eigenvalue weighted by atomic mass is 10.0. The van der Waals surface area contributed by atoms with E-state index in [2.05, 4.69) is 29.3 Å². The molecular formula is C17H23N5O2. The molecule has 1 N–H and O–H groups in total. The van der Waals surface area contributed by atoms with E-state index in [-0.39, 0.29) is 5.91 Å². The van der Waals surface area contributed by atoms with Crippen LogP contribution in [-0.4, -0.2) is 34.6 Å². The number of rotatable bonds is 5. The predicted molar refractivity (Wildman–Crippen MR) is 90.0 cm³/mol. The van der Waals surface area contributed by atoms with Gasteiger partial charge in [0.2, 0.25) is 0 Å². The molecule has 1 aliphatic rings. The second-order valence-electron chi connectivity index (χ2n) is 6.68. The molecule has 3 heterocycles. The second-order valence-corrected chi connectivity index (χ2v) is 6.68. The summed E-state index contributed by atoms with van der Waals surface area (Å²) in [4.78, 5) is 23.5. The van der Waals surface area contributed by atoms with Gasteiger partial charge in [0, 0.05) is 31.6 Å². The van der Waals surface area contributed by atoms with Crippen LogP contribution in [0.5, 0.6) is 0 Å². The van der Waals surface area contributed by atoms with E-state index in [4.69, 9.17) is 9.51 Å². The third-order valence-electron chi connectivity index (χ3n) is 3.94. The standard InChI is InChI=1S/C17H23N5O2/c1-10(2)7-14-19-15-13(5-6-18-17(15)23)16(20-14)22(4)9-12-8-11(3)24-21-12/h8,10H,5-7,9H2,1-4H3,(H,18,23). The number of aromatic nitrogens is 3. The van der Waals surface area contributed by atoms with Gasteiger partial charge in [0.05, 0.1) is 6.54 Å². The fourth-order valence-electron chi connectivity index (χ4n) is 2.90. The van der Waals surface area contributed by atoms with E-state index in [1.807, 2.05) is 24.9 Å². The minimum atomic E-state index is -0.115. The van der Waals surface area contributed by atoms with Gasteiger partial charge < -0.3 is 14.7 Å². The van der Waals surface area contributed by atoms with Crippen LogP contribution in [0.4, 0.5) is 5.82 Å². The molecule has 24 heavy (non-hydrogen) atoms. The molecule has 0 aromatic carbocycles. The molecule has 0 radical (unpaired) electrons. The highest BCUT2D eigenvalue weighted by atomic mass is 16.5. The molecule has 3 rings (SSSR count). The van der Waals surface area contributed by atoms with Crippen molar-refractivity contribution in [1.82, 2.24) is 20.4 Å². The normalized spacial score (nSPS) is 13.8. The fourth-order valence-corrected chi connectivity index (χ4v) is 2.90. The van der Waals surface area contributed by atoms with Crippen LogP contribution < -0.4 is 10.2 Å². The molecule has 0 saturated heterocycles. The maximum atomic E-state index is 12.2. The van der Waals surface area contributed by atoms with Crippen LogP contribution in [0.2, 0.25) is 0 Å². The number of nitrogens with one attached hydrogen (secondary N) is 1. The average Bonchev–Trinajstić information content (AvgIpc) is 2.92. The molecule has 0 atom stereocenters. The van der Waals surface area contributed by atoms with Crippen molar-refractivity contribution in [3.05, 3.63) is 34.6 Å². The van der Waals surface area contributed by atoms with Gasteiger partial charge in [0.25, 0.3) is 5.91 Å². The van der Waals surface area contributed by atoms with Crippen LogP contribution >= 0.6 is 0 Å². The minimum Gasteiger partial charge on any atom is -0.361 e. The average molecular weight is 329 g/mol. The Labute approximate surface area is 141 Å². The first-order chi connectivity index (χ1) is 11.4. The summed E-state index contributed by atoms with van der Waals surface area (Å²) in [5.41, 5.74) is 2.26. The topological polar surface area (TPSA) is 84.2 Å². The molecule has 1 amide bonds. The van der Waals surface area contributed by atoms with E-state index in [1.165, 1.54) is 0 Å². The zero-order valence-electron chi connectivity index (χ0n) is 14.6. The van der Waals surface area contributed by atoms with Crippen LogP contribution in [0, 0.1) is 12.8 Å². The zero-order chi connectivity index (χ0) is 17.3. The third kappa shape index (κ3) is 3.39.